The summed E-state index contributed by atoms with van der Waals surface area (Å²) in [7, 11) is 0. The van der Waals surface area contributed by atoms with Gasteiger partial charge in [-0.05, 0) is 19.3 Å². The van der Waals surface area contributed by atoms with Crippen molar-refractivity contribution in [2.75, 3.05) is 31.1 Å². The number of hydrogen-bond acceptors (Lipinski definition) is 6. The Labute approximate surface area is 160 Å². The zero-order valence-electron chi connectivity index (χ0n) is 14.6. The van der Waals surface area contributed by atoms with E-state index in [2.05, 4.69) is 20.2 Å². The molecule has 4 rings (SSSR count). The molecule has 2 aromatic rings. The first-order chi connectivity index (χ1) is 13.0. The van der Waals surface area contributed by atoms with E-state index in [1.54, 1.807) is 0 Å². The average Bonchev–Trinajstić information content (AvgIpc) is 2.68. The molecule has 2 saturated heterocycles. The lowest BCUT2D eigenvalue weighted by Crippen LogP contribution is -2.54. The minimum absolute atomic E-state index is 0.00888. The molecule has 2 aliphatic rings. The number of amides is 2. The minimum atomic E-state index is -0.469. The van der Waals surface area contributed by atoms with Gasteiger partial charge in [0.15, 0.2) is 0 Å². The lowest BCUT2D eigenvalue weighted by molar-refractivity contribution is -0.384. The Morgan fingerprint density at radius 2 is 2.00 bits per heavy atom. The summed E-state index contributed by atoms with van der Waals surface area (Å²) in [5.41, 5.74) is 0.424. The van der Waals surface area contributed by atoms with Gasteiger partial charge in [-0.2, -0.15) is 0 Å². The summed E-state index contributed by atoms with van der Waals surface area (Å²) in [4.78, 5) is 35.3. The molecule has 0 aliphatic carbocycles. The molecule has 27 heavy (non-hydrogen) atoms. The number of benzene rings is 1. The molecule has 10 heteroatoms. The van der Waals surface area contributed by atoms with Crippen LogP contribution in [0.1, 0.15) is 19.3 Å². The summed E-state index contributed by atoms with van der Waals surface area (Å²) >= 11 is 6.19. The number of piperidine rings is 1. The number of hydrogen-bond donors (Lipinski definition) is 1. The maximum Gasteiger partial charge on any atom is 0.317 e. The normalized spacial score (nSPS) is 18.6. The van der Waals surface area contributed by atoms with Gasteiger partial charge in [0.1, 0.15) is 12.1 Å². The first-order valence-corrected chi connectivity index (χ1v) is 9.30. The monoisotopic (exact) mass is 390 g/mol. The molecule has 0 bridgehead atoms. The van der Waals surface area contributed by atoms with Crippen LogP contribution in [0.3, 0.4) is 0 Å². The Kier molecular flexibility index (Phi) is 4.69. The Morgan fingerprint density at radius 3 is 2.70 bits per heavy atom. The predicted octanol–water partition coefficient (Wildman–Crippen LogP) is 2.58. The van der Waals surface area contributed by atoms with E-state index >= 15 is 0 Å². The van der Waals surface area contributed by atoms with Crippen molar-refractivity contribution in [3.63, 3.8) is 0 Å². The first kappa shape index (κ1) is 17.7. The molecule has 2 amide bonds. The highest BCUT2D eigenvalue weighted by Crippen LogP contribution is 2.33. The van der Waals surface area contributed by atoms with Gasteiger partial charge in [-0.3, -0.25) is 10.1 Å². The number of rotatable bonds is 3. The number of fused-ring (bicyclic) bond motifs is 1. The second-order valence-electron chi connectivity index (χ2n) is 6.78. The molecule has 9 nitrogen and oxygen atoms in total. The molecule has 2 aliphatic heterocycles. The van der Waals surface area contributed by atoms with E-state index in [9.17, 15) is 14.9 Å². The summed E-state index contributed by atoms with van der Waals surface area (Å²) in [6.07, 6.45) is 4.04. The molecule has 142 valence electrons. The van der Waals surface area contributed by atoms with Crippen molar-refractivity contribution in [1.29, 1.82) is 0 Å². The van der Waals surface area contributed by atoms with E-state index in [-0.39, 0.29) is 22.8 Å². The van der Waals surface area contributed by atoms with Crippen LogP contribution >= 0.6 is 11.6 Å². The van der Waals surface area contributed by atoms with Crippen molar-refractivity contribution in [2.24, 2.45) is 0 Å². The van der Waals surface area contributed by atoms with E-state index in [4.69, 9.17) is 11.6 Å². The van der Waals surface area contributed by atoms with Crippen LogP contribution in [0.4, 0.5) is 16.3 Å². The summed E-state index contributed by atoms with van der Waals surface area (Å²) in [6, 6.07) is 2.99. The number of carbonyl (C=O) groups excluding carboxylic acids is 1. The number of urea groups is 1. The van der Waals surface area contributed by atoms with Gasteiger partial charge in [0.05, 0.1) is 20.8 Å². The average molecular weight is 391 g/mol. The number of carbonyl (C=O) groups is 1. The van der Waals surface area contributed by atoms with Crippen LogP contribution in [0.15, 0.2) is 18.5 Å². The second kappa shape index (κ2) is 7.15. The van der Waals surface area contributed by atoms with Gasteiger partial charge in [-0.25, -0.2) is 14.8 Å². The van der Waals surface area contributed by atoms with Crippen molar-refractivity contribution >= 4 is 40.0 Å². The molecule has 0 atom stereocenters. The van der Waals surface area contributed by atoms with Gasteiger partial charge in [0, 0.05) is 44.4 Å². The largest absolute Gasteiger partial charge is 0.356 e. The quantitative estimate of drug-likeness (QED) is 0.638. The summed E-state index contributed by atoms with van der Waals surface area (Å²) in [5, 5.41) is 14.9. The van der Waals surface area contributed by atoms with Crippen molar-refractivity contribution in [3.05, 3.63) is 33.6 Å². The second-order valence-corrected chi connectivity index (χ2v) is 7.18. The highest BCUT2D eigenvalue weighted by atomic mass is 35.5. The van der Waals surface area contributed by atoms with Crippen LogP contribution in [-0.2, 0) is 0 Å². The standard InChI is InChI=1S/C17H19ClN6O3/c18-14-9-12(24(26)27)8-13-15(14)20-10-21-16(13)22-6-2-11(3-7-22)23-5-1-4-19-17(23)25/h8-11H,1-7H2,(H,19,25). The van der Waals surface area contributed by atoms with E-state index in [1.165, 1.54) is 18.5 Å². The van der Waals surface area contributed by atoms with Crippen LogP contribution in [0.2, 0.25) is 5.02 Å². The number of nitrogens with one attached hydrogen (secondary N) is 1. The molecule has 2 fully saturated rings. The van der Waals surface area contributed by atoms with Gasteiger partial charge in [0.25, 0.3) is 5.69 Å². The number of nitro benzene ring substituents is 1. The maximum atomic E-state index is 12.1. The Balaban J connectivity index is 1.58. The summed E-state index contributed by atoms with van der Waals surface area (Å²) in [6.45, 7) is 2.94. The summed E-state index contributed by atoms with van der Waals surface area (Å²) < 4.78 is 0. The lowest BCUT2D eigenvalue weighted by atomic mass is 10.0. The number of halogens is 1. The molecule has 0 spiro atoms. The fraction of sp³-hybridized carbons (Fsp3) is 0.471. The van der Waals surface area contributed by atoms with Gasteiger partial charge in [-0.15, -0.1) is 0 Å². The van der Waals surface area contributed by atoms with Gasteiger partial charge in [-0.1, -0.05) is 11.6 Å². The minimum Gasteiger partial charge on any atom is -0.356 e. The van der Waals surface area contributed by atoms with Crippen LogP contribution < -0.4 is 10.2 Å². The van der Waals surface area contributed by atoms with Gasteiger partial charge < -0.3 is 15.1 Å². The van der Waals surface area contributed by atoms with Crippen LogP contribution in [0.5, 0.6) is 0 Å². The number of nitro groups is 1. The number of nitrogens with zero attached hydrogens (tertiary/aromatic N) is 5. The van der Waals surface area contributed by atoms with Crippen molar-refractivity contribution in [1.82, 2.24) is 20.2 Å². The molecular weight excluding hydrogens is 372 g/mol. The Bertz CT molecular complexity index is 900. The van der Waals surface area contributed by atoms with Gasteiger partial charge in [0.2, 0.25) is 0 Å². The fourth-order valence-corrected chi connectivity index (χ4v) is 4.10. The highest BCUT2D eigenvalue weighted by molar-refractivity contribution is 6.35. The maximum absolute atomic E-state index is 12.1. The molecule has 0 saturated carbocycles. The van der Waals surface area contributed by atoms with Gasteiger partial charge >= 0.3 is 6.03 Å². The van der Waals surface area contributed by atoms with Crippen LogP contribution in [-0.4, -0.2) is 58.0 Å². The number of anilines is 1. The van der Waals surface area contributed by atoms with E-state index in [0.717, 1.165) is 32.4 Å². The zero-order valence-corrected chi connectivity index (χ0v) is 15.4. The third-order valence-corrected chi connectivity index (χ3v) is 5.47. The SMILES string of the molecule is O=C1NCCCN1C1CCN(c2ncnc3c(Cl)cc([N+](=O)[O-])cc23)CC1. The molecule has 1 aromatic carbocycles. The van der Waals surface area contributed by atoms with E-state index in [1.807, 2.05) is 4.90 Å². The van der Waals surface area contributed by atoms with Crippen molar-refractivity contribution in [3.8, 4) is 0 Å². The zero-order chi connectivity index (χ0) is 19.0. The molecule has 1 aromatic heterocycles. The Hall–Kier alpha value is -2.68. The fourth-order valence-electron chi connectivity index (χ4n) is 3.84. The van der Waals surface area contributed by atoms with E-state index < -0.39 is 4.92 Å². The predicted molar refractivity (Wildman–Crippen MR) is 101 cm³/mol. The van der Waals surface area contributed by atoms with Crippen LogP contribution in [0, 0.1) is 10.1 Å². The third kappa shape index (κ3) is 3.34. The number of non-ortho nitro benzene ring substituents is 1. The van der Waals surface area contributed by atoms with Crippen LogP contribution in [0.25, 0.3) is 10.9 Å². The molecule has 0 radical (unpaired) electrons. The van der Waals surface area contributed by atoms with Crippen molar-refractivity contribution < 1.29 is 9.72 Å². The highest BCUT2D eigenvalue weighted by Gasteiger charge is 2.30. The molecular formula is C17H19ClN6O3. The third-order valence-electron chi connectivity index (χ3n) is 5.18. The topological polar surface area (TPSA) is 104 Å². The van der Waals surface area contributed by atoms with E-state index in [0.29, 0.717) is 29.8 Å². The molecule has 0 unspecified atom stereocenters. The smallest absolute Gasteiger partial charge is 0.317 e. The molecule has 3 heterocycles. The first-order valence-electron chi connectivity index (χ1n) is 8.92. The molecule has 1 N–H and O–H groups in total. The Morgan fingerprint density at radius 1 is 1.22 bits per heavy atom. The number of aromatic nitrogens is 2. The lowest BCUT2D eigenvalue weighted by Gasteiger charge is -2.40. The van der Waals surface area contributed by atoms with Crippen molar-refractivity contribution in [2.45, 2.75) is 25.3 Å². The summed E-state index contributed by atoms with van der Waals surface area (Å²) in [5.74, 6) is 0.646.